The van der Waals surface area contributed by atoms with Gasteiger partial charge in [-0.3, -0.25) is 4.90 Å². The lowest BCUT2D eigenvalue weighted by molar-refractivity contribution is -0.0235. The van der Waals surface area contributed by atoms with Gasteiger partial charge in [0.2, 0.25) is 0 Å². The zero-order valence-corrected chi connectivity index (χ0v) is 19.2. The summed E-state index contributed by atoms with van der Waals surface area (Å²) in [5.74, 6) is 0. The van der Waals surface area contributed by atoms with E-state index < -0.39 is 14.5 Å². The van der Waals surface area contributed by atoms with E-state index in [1.807, 2.05) is 0 Å². The van der Waals surface area contributed by atoms with Crippen LogP contribution >= 0.6 is 8.53 Å². The highest BCUT2D eigenvalue weighted by atomic mass is 31.2. The first-order chi connectivity index (χ1) is 13.9. The fourth-order valence-electron chi connectivity index (χ4n) is 3.73. The summed E-state index contributed by atoms with van der Waals surface area (Å²) in [4.78, 5) is 2.30. The second-order valence-electron chi connectivity index (χ2n) is 7.87. The van der Waals surface area contributed by atoms with Crippen LogP contribution in [0.2, 0.25) is 0 Å². The third-order valence-electron chi connectivity index (χ3n) is 5.03. The minimum atomic E-state index is -1.40. The Balaban J connectivity index is 2.16. The Morgan fingerprint density at radius 1 is 1.21 bits per heavy atom. The minimum Gasteiger partial charge on any atom is -0.379 e. The molecule has 0 aromatic rings. The molecule has 10 heteroatoms. The molecule has 2 saturated heterocycles. The molecule has 2 aliphatic heterocycles. The first-order valence-corrected chi connectivity index (χ1v) is 11.5. The van der Waals surface area contributed by atoms with Gasteiger partial charge in [0.05, 0.1) is 38.4 Å². The Labute approximate surface area is 178 Å². The van der Waals surface area contributed by atoms with Gasteiger partial charge in [-0.05, 0) is 27.7 Å². The van der Waals surface area contributed by atoms with Crippen LogP contribution in [-0.4, -0.2) is 100 Å². The number of rotatable bonds is 11. The lowest BCUT2D eigenvalue weighted by Crippen LogP contribution is -2.46. The van der Waals surface area contributed by atoms with Crippen LogP contribution in [0.1, 0.15) is 34.1 Å². The van der Waals surface area contributed by atoms with Gasteiger partial charge in [0.1, 0.15) is 20.1 Å². The van der Waals surface area contributed by atoms with E-state index in [0.29, 0.717) is 19.6 Å². The SMILES string of the molecule is [B][C@@H]1O[C@H](CN2CCOCC2)C(OP(OCCC#N)N(C(C)C)C(C)C)C1OC. The normalized spacial score (nSPS) is 29.6. The quantitative estimate of drug-likeness (QED) is 0.281. The molecule has 0 aromatic heterocycles. The van der Waals surface area contributed by atoms with E-state index in [9.17, 15) is 0 Å². The molecular weight excluding hydrogens is 392 g/mol. The van der Waals surface area contributed by atoms with E-state index >= 15 is 0 Å². The van der Waals surface area contributed by atoms with Crippen molar-refractivity contribution in [3.63, 3.8) is 0 Å². The number of methoxy groups -OCH3 is 1. The van der Waals surface area contributed by atoms with Gasteiger partial charge in [0.25, 0.3) is 8.53 Å². The highest BCUT2D eigenvalue weighted by molar-refractivity contribution is 7.44. The first kappa shape index (κ1) is 25.0. The molecule has 2 aliphatic rings. The number of ether oxygens (including phenoxy) is 3. The summed E-state index contributed by atoms with van der Waals surface area (Å²) >= 11 is 0. The van der Waals surface area contributed by atoms with Crippen molar-refractivity contribution >= 4 is 16.4 Å². The second kappa shape index (κ2) is 12.5. The Hall–Kier alpha value is -0.295. The van der Waals surface area contributed by atoms with Crippen molar-refractivity contribution in [2.75, 3.05) is 46.6 Å². The van der Waals surface area contributed by atoms with Gasteiger partial charge in [-0.1, -0.05) is 0 Å². The van der Waals surface area contributed by atoms with Crippen LogP contribution < -0.4 is 0 Å². The molecule has 2 radical (unpaired) electrons. The molecule has 0 N–H and O–H groups in total. The van der Waals surface area contributed by atoms with Crippen molar-refractivity contribution in [1.82, 2.24) is 9.57 Å². The summed E-state index contributed by atoms with van der Waals surface area (Å²) in [6.07, 6.45) is -0.644. The van der Waals surface area contributed by atoms with Crippen LogP contribution in [0, 0.1) is 11.3 Å². The molecule has 2 heterocycles. The smallest absolute Gasteiger partial charge is 0.259 e. The molecular formula is C19H35BN3O5P. The Bertz CT molecular complexity index is 511. The average molecular weight is 427 g/mol. The maximum absolute atomic E-state index is 8.91. The van der Waals surface area contributed by atoms with E-state index in [-0.39, 0.29) is 30.4 Å². The van der Waals surface area contributed by atoms with Crippen LogP contribution in [0.5, 0.6) is 0 Å². The molecule has 0 saturated carbocycles. The highest BCUT2D eigenvalue weighted by Gasteiger charge is 2.46. The Morgan fingerprint density at radius 3 is 2.41 bits per heavy atom. The van der Waals surface area contributed by atoms with Gasteiger partial charge in [0.15, 0.2) is 0 Å². The molecule has 0 amide bonds. The lowest BCUT2D eigenvalue weighted by Gasteiger charge is -2.38. The topological polar surface area (TPSA) is 76.4 Å². The van der Waals surface area contributed by atoms with Gasteiger partial charge in [-0.25, -0.2) is 4.67 Å². The number of hydrogen-bond donors (Lipinski definition) is 0. The molecule has 0 spiro atoms. The monoisotopic (exact) mass is 427 g/mol. The number of nitriles is 1. The van der Waals surface area contributed by atoms with E-state index in [1.54, 1.807) is 7.11 Å². The molecule has 5 atom stereocenters. The van der Waals surface area contributed by atoms with Crippen LogP contribution in [0.15, 0.2) is 0 Å². The standard InChI is InChI=1S/C19H35BN3O5P/c1-14(2)23(15(3)4)29(26-10-6-7-21)28-17-16(27-19(20)18(17)24-5)13-22-8-11-25-12-9-22/h14-19H,6,8-13H2,1-5H3/t16-,17?,18?,19-,29?/m1/s1. The molecule has 0 aromatic carbocycles. The van der Waals surface area contributed by atoms with Gasteiger partial charge in [-0.2, -0.15) is 5.26 Å². The maximum Gasteiger partial charge on any atom is 0.259 e. The van der Waals surface area contributed by atoms with Crippen molar-refractivity contribution in [3.8, 4) is 6.07 Å². The summed E-state index contributed by atoms with van der Waals surface area (Å²) in [7, 11) is 6.43. The van der Waals surface area contributed by atoms with Gasteiger partial charge in [0, 0.05) is 44.8 Å². The van der Waals surface area contributed by atoms with Crippen molar-refractivity contribution in [1.29, 1.82) is 5.26 Å². The molecule has 2 fully saturated rings. The van der Waals surface area contributed by atoms with E-state index in [4.69, 9.17) is 36.4 Å². The van der Waals surface area contributed by atoms with Gasteiger partial charge < -0.3 is 23.3 Å². The fraction of sp³-hybridized carbons (Fsp3) is 0.947. The summed E-state index contributed by atoms with van der Waals surface area (Å²) in [5, 5.41) is 8.91. The summed E-state index contributed by atoms with van der Waals surface area (Å²) in [6.45, 7) is 12.6. The van der Waals surface area contributed by atoms with Crippen LogP contribution in [0.4, 0.5) is 0 Å². The minimum absolute atomic E-state index is 0.220. The van der Waals surface area contributed by atoms with E-state index in [1.165, 1.54) is 0 Å². The largest absolute Gasteiger partial charge is 0.379 e. The van der Waals surface area contributed by atoms with Crippen molar-refractivity contribution < 1.29 is 23.3 Å². The van der Waals surface area contributed by atoms with Crippen molar-refractivity contribution in [3.05, 3.63) is 0 Å². The Morgan fingerprint density at radius 2 is 1.86 bits per heavy atom. The first-order valence-electron chi connectivity index (χ1n) is 10.4. The van der Waals surface area contributed by atoms with Crippen LogP contribution in [0.3, 0.4) is 0 Å². The summed E-state index contributed by atoms with van der Waals surface area (Å²) in [5.41, 5.74) is 0. The van der Waals surface area contributed by atoms with Crippen LogP contribution in [-0.2, 0) is 23.3 Å². The second-order valence-corrected chi connectivity index (χ2v) is 9.28. The summed E-state index contributed by atoms with van der Waals surface area (Å²) < 4.78 is 31.9. The van der Waals surface area contributed by atoms with Gasteiger partial charge >= 0.3 is 0 Å². The lowest BCUT2D eigenvalue weighted by atomic mass is 9.93. The van der Waals surface area contributed by atoms with Crippen molar-refractivity contribution in [2.24, 2.45) is 0 Å². The van der Waals surface area contributed by atoms with E-state index in [2.05, 4.69) is 43.3 Å². The van der Waals surface area contributed by atoms with Crippen molar-refractivity contribution in [2.45, 2.75) is 70.5 Å². The van der Waals surface area contributed by atoms with Crippen LogP contribution in [0.25, 0.3) is 0 Å². The summed E-state index contributed by atoms with van der Waals surface area (Å²) in [6, 6.07) is 2.01. The Kier molecular flexibility index (Phi) is 10.8. The third kappa shape index (κ3) is 7.12. The fourth-order valence-corrected chi connectivity index (χ4v) is 5.50. The van der Waals surface area contributed by atoms with E-state index in [0.717, 1.165) is 26.3 Å². The predicted octanol–water partition coefficient (Wildman–Crippen LogP) is 1.89. The number of morpholine rings is 1. The molecule has 0 aliphatic carbocycles. The highest BCUT2D eigenvalue weighted by Crippen LogP contribution is 2.49. The van der Waals surface area contributed by atoms with Gasteiger partial charge in [-0.15, -0.1) is 0 Å². The molecule has 29 heavy (non-hydrogen) atoms. The molecule has 2 rings (SSSR count). The molecule has 3 unspecified atom stereocenters. The zero-order chi connectivity index (χ0) is 21.4. The molecule has 8 nitrogen and oxygen atoms in total. The number of hydrogen-bond acceptors (Lipinski definition) is 8. The average Bonchev–Trinajstić information content (AvgIpc) is 2.96. The third-order valence-corrected chi connectivity index (χ3v) is 7.16. The maximum atomic E-state index is 8.91. The predicted molar refractivity (Wildman–Crippen MR) is 113 cm³/mol. The number of nitrogens with zero attached hydrogens (tertiary/aromatic N) is 3. The molecule has 0 bridgehead atoms. The zero-order valence-electron chi connectivity index (χ0n) is 18.3. The molecule has 164 valence electrons.